The highest BCUT2D eigenvalue weighted by Crippen LogP contribution is 2.26. The maximum absolute atomic E-state index is 12.7. The number of rotatable bonds is 6. The van der Waals surface area contributed by atoms with E-state index in [0.29, 0.717) is 41.9 Å². The van der Waals surface area contributed by atoms with Crippen LogP contribution in [0.1, 0.15) is 15.9 Å². The number of nitrogens with zero attached hydrogens (tertiary/aromatic N) is 1. The average molecular weight is 441 g/mol. The van der Waals surface area contributed by atoms with Gasteiger partial charge in [-0.25, -0.2) is 0 Å². The molecule has 1 fully saturated rings. The lowest BCUT2D eigenvalue weighted by molar-refractivity contribution is -0.0504. The number of carbonyl (C=O) groups excluding carboxylic acids is 1. The molecule has 0 aromatic heterocycles. The Morgan fingerprint density at radius 3 is 2.70 bits per heavy atom. The third-order valence-corrected chi connectivity index (χ3v) is 4.67. The zero-order chi connectivity index (χ0) is 19.2. The van der Waals surface area contributed by atoms with E-state index in [4.69, 9.17) is 4.74 Å². The van der Waals surface area contributed by atoms with E-state index < -0.39 is 6.61 Å². The second kappa shape index (κ2) is 9.14. The Bertz CT molecular complexity index is 798. The molecule has 1 saturated heterocycles. The van der Waals surface area contributed by atoms with Crippen LogP contribution in [0.3, 0.4) is 0 Å². The van der Waals surface area contributed by atoms with Crippen LogP contribution < -0.4 is 15.0 Å². The molecule has 144 valence electrons. The number of hydrogen-bond acceptors (Lipinski definition) is 4. The van der Waals surface area contributed by atoms with Gasteiger partial charge in [0.25, 0.3) is 5.91 Å². The average Bonchev–Trinajstić information content (AvgIpc) is 2.68. The van der Waals surface area contributed by atoms with Crippen molar-refractivity contribution < 1.29 is 23.0 Å². The first-order valence-corrected chi connectivity index (χ1v) is 9.27. The Balaban J connectivity index is 1.74. The van der Waals surface area contributed by atoms with Gasteiger partial charge in [-0.2, -0.15) is 8.78 Å². The number of carbonyl (C=O) groups is 1. The van der Waals surface area contributed by atoms with E-state index >= 15 is 0 Å². The molecular weight excluding hydrogens is 422 g/mol. The smallest absolute Gasteiger partial charge is 0.387 e. The summed E-state index contributed by atoms with van der Waals surface area (Å²) in [5.74, 6) is -0.241. The van der Waals surface area contributed by atoms with Gasteiger partial charge in [0, 0.05) is 35.4 Å². The van der Waals surface area contributed by atoms with Crippen LogP contribution in [-0.2, 0) is 11.3 Å². The Kier molecular flexibility index (Phi) is 6.63. The van der Waals surface area contributed by atoms with Crippen molar-refractivity contribution >= 4 is 27.5 Å². The molecule has 0 radical (unpaired) electrons. The molecule has 0 bridgehead atoms. The van der Waals surface area contributed by atoms with Crippen LogP contribution >= 0.6 is 15.9 Å². The van der Waals surface area contributed by atoms with Crippen molar-refractivity contribution in [2.45, 2.75) is 13.2 Å². The van der Waals surface area contributed by atoms with Crippen molar-refractivity contribution in [2.24, 2.45) is 0 Å². The Labute approximate surface area is 164 Å². The third-order valence-electron chi connectivity index (χ3n) is 4.18. The largest absolute Gasteiger partial charge is 0.434 e. The van der Waals surface area contributed by atoms with Crippen LogP contribution in [0.15, 0.2) is 46.9 Å². The van der Waals surface area contributed by atoms with Crippen LogP contribution in [-0.4, -0.2) is 38.8 Å². The van der Waals surface area contributed by atoms with E-state index in [2.05, 4.69) is 30.9 Å². The number of ether oxygens (including phenoxy) is 2. The molecule has 0 unspecified atom stereocenters. The van der Waals surface area contributed by atoms with Gasteiger partial charge in [-0.1, -0.05) is 28.1 Å². The first-order valence-electron chi connectivity index (χ1n) is 8.48. The lowest BCUT2D eigenvalue weighted by atomic mass is 10.1. The molecule has 8 heteroatoms. The number of amides is 1. The predicted octanol–water partition coefficient (Wildman–Crippen LogP) is 3.82. The van der Waals surface area contributed by atoms with E-state index in [9.17, 15) is 13.6 Å². The van der Waals surface area contributed by atoms with Crippen LogP contribution in [0.5, 0.6) is 5.75 Å². The fourth-order valence-corrected chi connectivity index (χ4v) is 3.32. The first kappa shape index (κ1) is 19.6. The summed E-state index contributed by atoms with van der Waals surface area (Å²) < 4.78 is 35.8. The van der Waals surface area contributed by atoms with Gasteiger partial charge in [0.05, 0.1) is 18.8 Å². The molecule has 1 heterocycles. The van der Waals surface area contributed by atoms with Crippen LogP contribution in [0.4, 0.5) is 14.5 Å². The molecule has 1 N–H and O–H groups in total. The van der Waals surface area contributed by atoms with Crippen LogP contribution in [0.2, 0.25) is 0 Å². The van der Waals surface area contributed by atoms with E-state index in [1.165, 1.54) is 6.07 Å². The van der Waals surface area contributed by atoms with E-state index in [-0.39, 0.29) is 18.2 Å². The standard InChI is InChI=1S/C19H19BrF2N2O3/c20-14-5-6-17(27-19(21)22)13(11-14)12-23-18(25)15-3-1-2-4-16(15)24-7-9-26-10-8-24/h1-6,11,19H,7-10,12H2,(H,23,25). The highest BCUT2D eigenvalue weighted by atomic mass is 79.9. The molecule has 1 amide bonds. The summed E-state index contributed by atoms with van der Waals surface area (Å²) in [6, 6.07) is 12.0. The summed E-state index contributed by atoms with van der Waals surface area (Å²) in [5, 5.41) is 2.79. The van der Waals surface area contributed by atoms with Gasteiger partial charge in [0.15, 0.2) is 0 Å². The molecule has 2 aromatic carbocycles. The second-order valence-electron chi connectivity index (χ2n) is 5.93. The number of anilines is 1. The summed E-state index contributed by atoms with van der Waals surface area (Å²) in [4.78, 5) is 14.8. The number of alkyl halides is 2. The van der Waals surface area contributed by atoms with Gasteiger partial charge >= 0.3 is 6.61 Å². The zero-order valence-electron chi connectivity index (χ0n) is 14.5. The number of morpholine rings is 1. The fraction of sp³-hybridized carbons (Fsp3) is 0.316. The lowest BCUT2D eigenvalue weighted by Crippen LogP contribution is -2.37. The highest BCUT2D eigenvalue weighted by molar-refractivity contribution is 9.10. The monoisotopic (exact) mass is 440 g/mol. The first-order chi connectivity index (χ1) is 13.0. The zero-order valence-corrected chi connectivity index (χ0v) is 16.0. The van der Waals surface area contributed by atoms with Crippen LogP contribution in [0, 0.1) is 0 Å². The van der Waals surface area contributed by atoms with Crippen molar-refractivity contribution in [3.63, 3.8) is 0 Å². The normalized spacial score (nSPS) is 14.3. The summed E-state index contributed by atoms with van der Waals surface area (Å²) in [5.41, 5.74) is 1.82. The molecule has 5 nitrogen and oxygen atoms in total. The Hall–Kier alpha value is -2.19. The SMILES string of the molecule is O=C(NCc1cc(Br)ccc1OC(F)F)c1ccccc1N1CCOCC1. The minimum absolute atomic E-state index is 0.0370. The molecule has 3 rings (SSSR count). The topological polar surface area (TPSA) is 50.8 Å². The Morgan fingerprint density at radius 1 is 1.22 bits per heavy atom. The van der Waals surface area contributed by atoms with Gasteiger partial charge in [-0.3, -0.25) is 4.79 Å². The Morgan fingerprint density at radius 2 is 1.96 bits per heavy atom. The van der Waals surface area contributed by atoms with Gasteiger partial charge in [0.2, 0.25) is 0 Å². The summed E-state index contributed by atoms with van der Waals surface area (Å²) >= 11 is 3.30. The molecular formula is C19H19BrF2N2O3. The summed E-state index contributed by atoms with van der Waals surface area (Å²) in [6.45, 7) is -0.213. The maximum Gasteiger partial charge on any atom is 0.387 e. The van der Waals surface area contributed by atoms with Crippen molar-refractivity contribution in [3.8, 4) is 5.75 Å². The number of hydrogen-bond donors (Lipinski definition) is 1. The molecule has 1 aliphatic rings. The molecule has 0 saturated carbocycles. The molecule has 0 spiro atoms. The van der Waals surface area contributed by atoms with Gasteiger partial charge < -0.3 is 19.7 Å². The number of benzene rings is 2. The number of halogens is 3. The van der Waals surface area contributed by atoms with Crippen molar-refractivity contribution in [2.75, 3.05) is 31.2 Å². The minimum Gasteiger partial charge on any atom is -0.434 e. The number of nitrogens with one attached hydrogen (secondary N) is 1. The third kappa shape index (κ3) is 5.17. The van der Waals surface area contributed by atoms with Gasteiger partial charge in [0.1, 0.15) is 5.75 Å². The van der Waals surface area contributed by atoms with Crippen molar-refractivity contribution in [1.29, 1.82) is 0 Å². The predicted molar refractivity (Wildman–Crippen MR) is 101 cm³/mol. The van der Waals surface area contributed by atoms with E-state index in [0.717, 1.165) is 5.69 Å². The van der Waals surface area contributed by atoms with E-state index in [1.54, 1.807) is 24.3 Å². The number of para-hydroxylation sites is 1. The minimum atomic E-state index is -2.93. The summed E-state index contributed by atoms with van der Waals surface area (Å²) in [6.07, 6.45) is 0. The molecule has 0 aliphatic carbocycles. The maximum atomic E-state index is 12.7. The van der Waals surface area contributed by atoms with E-state index in [1.807, 2.05) is 12.1 Å². The van der Waals surface area contributed by atoms with Crippen molar-refractivity contribution in [3.05, 3.63) is 58.1 Å². The van der Waals surface area contributed by atoms with Gasteiger partial charge in [-0.05, 0) is 30.3 Å². The lowest BCUT2D eigenvalue weighted by Gasteiger charge is -2.30. The molecule has 1 aliphatic heterocycles. The molecule has 0 atom stereocenters. The van der Waals surface area contributed by atoms with Gasteiger partial charge in [-0.15, -0.1) is 0 Å². The molecule has 2 aromatic rings. The fourth-order valence-electron chi connectivity index (χ4n) is 2.91. The second-order valence-corrected chi connectivity index (χ2v) is 6.85. The van der Waals surface area contributed by atoms with Crippen molar-refractivity contribution in [1.82, 2.24) is 5.32 Å². The summed E-state index contributed by atoms with van der Waals surface area (Å²) in [7, 11) is 0. The highest BCUT2D eigenvalue weighted by Gasteiger charge is 2.19. The quantitative estimate of drug-likeness (QED) is 0.741. The van der Waals surface area contributed by atoms with Crippen LogP contribution in [0.25, 0.3) is 0 Å². The molecule has 27 heavy (non-hydrogen) atoms.